The molecule has 0 unspecified atom stereocenters. The number of imidazole rings is 1. The van der Waals surface area contributed by atoms with Crippen LogP contribution in [-0.2, 0) is 13.1 Å². The Kier molecular flexibility index (Phi) is 3.94. The van der Waals surface area contributed by atoms with E-state index in [-0.39, 0.29) is 0 Å². The molecule has 0 aliphatic rings. The molecular formula is C14H19N3. The Labute approximate surface area is 103 Å². The van der Waals surface area contributed by atoms with Gasteiger partial charge in [0.15, 0.2) is 0 Å². The van der Waals surface area contributed by atoms with Gasteiger partial charge in [-0.2, -0.15) is 0 Å². The van der Waals surface area contributed by atoms with Crippen molar-refractivity contribution in [1.29, 1.82) is 0 Å². The highest BCUT2D eigenvalue weighted by Crippen LogP contribution is 2.17. The lowest BCUT2D eigenvalue weighted by Crippen LogP contribution is -2.11. The number of hydrogen-bond donors (Lipinski definition) is 1. The van der Waals surface area contributed by atoms with Crippen molar-refractivity contribution in [3.8, 4) is 11.4 Å². The lowest BCUT2D eigenvalue weighted by molar-refractivity contribution is 0.727. The minimum Gasteiger partial charge on any atom is -0.331 e. The Morgan fingerprint density at radius 1 is 1.18 bits per heavy atom. The van der Waals surface area contributed by atoms with Crippen LogP contribution in [0.3, 0.4) is 0 Å². The van der Waals surface area contributed by atoms with Gasteiger partial charge >= 0.3 is 0 Å². The van der Waals surface area contributed by atoms with E-state index in [4.69, 9.17) is 0 Å². The summed E-state index contributed by atoms with van der Waals surface area (Å²) in [4.78, 5) is 4.40. The molecule has 3 heteroatoms. The first-order valence-corrected chi connectivity index (χ1v) is 6.16. The van der Waals surface area contributed by atoms with Crippen LogP contribution in [0.4, 0.5) is 0 Å². The molecule has 1 heterocycles. The molecule has 0 aliphatic heterocycles. The summed E-state index contributed by atoms with van der Waals surface area (Å²) < 4.78 is 2.15. The summed E-state index contributed by atoms with van der Waals surface area (Å²) in [6, 6.07) is 8.60. The molecule has 0 aliphatic carbocycles. The number of aromatic nitrogens is 2. The van der Waals surface area contributed by atoms with Crippen LogP contribution in [0.15, 0.2) is 36.7 Å². The van der Waals surface area contributed by atoms with Gasteiger partial charge in [0, 0.05) is 31.0 Å². The molecule has 0 spiro atoms. The molecule has 0 atom stereocenters. The van der Waals surface area contributed by atoms with Crippen LogP contribution >= 0.6 is 0 Å². The first-order valence-electron chi connectivity index (χ1n) is 6.16. The fraction of sp³-hybridized carbons (Fsp3) is 0.357. The molecule has 0 amide bonds. The topological polar surface area (TPSA) is 29.9 Å². The highest BCUT2D eigenvalue weighted by Gasteiger charge is 2.03. The van der Waals surface area contributed by atoms with Crippen molar-refractivity contribution in [1.82, 2.24) is 14.9 Å². The molecule has 0 saturated carbocycles. The van der Waals surface area contributed by atoms with Gasteiger partial charge in [0.1, 0.15) is 5.82 Å². The van der Waals surface area contributed by atoms with Crippen LogP contribution < -0.4 is 5.32 Å². The van der Waals surface area contributed by atoms with Gasteiger partial charge in [0.25, 0.3) is 0 Å². The molecule has 90 valence electrons. The first-order chi connectivity index (χ1) is 8.35. The van der Waals surface area contributed by atoms with E-state index in [0.717, 1.165) is 25.5 Å². The van der Waals surface area contributed by atoms with Crippen molar-refractivity contribution in [2.45, 2.75) is 26.9 Å². The standard InChI is InChI=1S/C14H19N3/c1-3-15-11-12-5-7-13(8-6-12)14-16-9-10-17(14)4-2/h5-10,15H,3-4,11H2,1-2H3. The molecule has 0 saturated heterocycles. The second-order valence-corrected chi connectivity index (χ2v) is 4.01. The Bertz CT molecular complexity index is 457. The summed E-state index contributed by atoms with van der Waals surface area (Å²) in [7, 11) is 0. The lowest BCUT2D eigenvalue weighted by Gasteiger charge is -2.06. The zero-order chi connectivity index (χ0) is 12.1. The van der Waals surface area contributed by atoms with Gasteiger partial charge in [0.2, 0.25) is 0 Å². The molecule has 0 radical (unpaired) electrons. The van der Waals surface area contributed by atoms with Gasteiger partial charge in [-0.05, 0) is 19.0 Å². The van der Waals surface area contributed by atoms with Gasteiger partial charge in [-0.3, -0.25) is 0 Å². The van der Waals surface area contributed by atoms with E-state index in [9.17, 15) is 0 Å². The maximum absolute atomic E-state index is 4.40. The zero-order valence-corrected chi connectivity index (χ0v) is 10.5. The number of rotatable bonds is 5. The largest absolute Gasteiger partial charge is 0.331 e. The van der Waals surface area contributed by atoms with E-state index in [1.54, 1.807) is 0 Å². The molecule has 2 rings (SSSR count). The van der Waals surface area contributed by atoms with Crippen LogP contribution in [0.1, 0.15) is 19.4 Å². The fourth-order valence-corrected chi connectivity index (χ4v) is 1.87. The summed E-state index contributed by atoms with van der Waals surface area (Å²) in [5.41, 5.74) is 2.49. The number of nitrogens with one attached hydrogen (secondary N) is 1. The maximum Gasteiger partial charge on any atom is 0.139 e. The summed E-state index contributed by atoms with van der Waals surface area (Å²) in [6.45, 7) is 7.13. The average Bonchev–Trinajstić information content (AvgIpc) is 2.85. The van der Waals surface area contributed by atoms with Crippen LogP contribution in [0, 0.1) is 0 Å². The van der Waals surface area contributed by atoms with E-state index in [1.807, 2.05) is 12.4 Å². The molecule has 0 fully saturated rings. The predicted molar refractivity (Wildman–Crippen MR) is 70.7 cm³/mol. The second-order valence-electron chi connectivity index (χ2n) is 4.01. The Balaban J connectivity index is 2.17. The quantitative estimate of drug-likeness (QED) is 0.854. The number of nitrogens with zero attached hydrogens (tertiary/aromatic N) is 2. The number of benzene rings is 1. The smallest absolute Gasteiger partial charge is 0.139 e. The van der Waals surface area contributed by atoms with Crippen molar-refractivity contribution in [3.05, 3.63) is 42.2 Å². The zero-order valence-electron chi connectivity index (χ0n) is 10.5. The minimum atomic E-state index is 0.930. The summed E-state index contributed by atoms with van der Waals surface area (Å²) in [5, 5.41) is 3.32. The maximum atomic E-state index is 4.40. The highest BCUT2D eigenvalue weighted by molar-refractivity contribution is 5.56. The van der Waals surface area contributed by atoms with Gasteiger partial charge in [-0.15, -0.1) is 0 Å². The van der Waals surface area contributed by atoms with E-state index in [1.165, 1.54) is 11.1 Å². The van der Waals surface area contributed by atoms with Gasteiger partial charge in [0.05, 0.1) is 0 Å². The summed E-state index contributed by atoms with van der Waals surface area (Å²) in [5.74, 6) is 1.04. The third kappa shape index (κ3) is 2.74. The van der Waals surface area contributed by atoms with Crippen molar-refractivity contribution in [3.63, 3.8) is 0 Å². The Morgan fingerprint density at radius 3 is 2.59 bits per heavy atom. The molecule has 1 aromatic heterocycles. The minimum absolute atomic E-state index is 0.930. The molecule has 17 heavy (non-hydrogen) atoms. The van der Waals surface area contributed by atoms with Crippen molar-refractivity contribution in [2.24, 2.45) is 0 Å². The molecule has 1 aromatic carbocycles. The lowest BCUT2D eigenvalue weighted by atomic mass is 10.1. The normalized spacial score (nSPS) is 10.7. The van der Waals surface area contributed by atoms with Crippen molar-refractivity contribution in [2.75, 3.05) is 6.54 Å². The molecular weight excluding hydrogens is 210 g/mol. The van der Waals surface area contributed by atoms with Crippen LogP contribution in [0.25, 0.3) is 11.4 Å². The molecule has 0 bridgehead atoms. The van der Waals surface area contributed by atoms with Crippen molar-refractivity contribution < 1.29 is 0 Å². The number of hydrogen-bond acceptors (Lipinski definition) is 2. The monoisotopic (exact) mass is 229 g/mol. The predicted octanol–water partition coefficient (Wildman–Crippen LogP) is 2.68. The third-order valence-electron chi connectivity index (χ3n) is 2.85. The number of aryl methyl sites for hydroxylation is 1. The van der Waals surface area contributed by atoms with Crippen LogP contribution in [0.2, 0.25) is 0 Å². The fourth-order valence-electron chi connectivity index (χ4n) is 1.87. The molecule has 1 N–H and O–H groups in total. The highest BCUT2D eigenvalue weighted by atomic mass is 15.1. The van der Waals surface area contributed by atoms with Crippen molar-refractivity contribution >= 4 is 0 Å². The summed E-state index contributed by atoms with van der Waals surface area (Å²) >= 11 is 0. The van der Waals surface area contributed by atoms with E-state index in [2.05, 4.69) is 53.0 Å². The Morgan fingerprint density at radius 2 is 1.94 bits per heavy atom. The van der Waals surface area contributed by atoms with Gasteiger partial charge in [-0.25, -0.2) is 4.98 Å². The van der Waals surface area contributed by atoms with E-state index in [0.29, 0.717) is 0 Å². The average molecular weight is 229 g/mol. The first kappa shape index (κ1) is 11.9. The molecule has 2 aromatic rings. The molecule has 3 nitrogen and oxygen atoms in total. The third-order valence-corrected chi connectivity index (χ3v) is 2.85. The van der Waals surface area contributed by atoms with Gasteiger partial charge < -0.3 is 9.88 Å². The van der Waals surface area contributed by atoms with E-state index < -0.39 is 0 Å². The Hall–Kier alpha value is -1.61. The second kappa shape index (κ2) is 5.64. The van der Waals surface area contributed by atoms with E-state index >= 15 is 0 Å². The summed E-state index contributed by atoms with van der Waals surface area (Å²) in [6.07, 6.45) is 3.87. The SMILES string of the molecule is CCNCc1ccc(-c2nccn2CC)cc1. The van der Waals surface area contributed by atoms with Crippen LogP contribution in [-0.4, -0.2) is 16.1 Å². The van der Waals surface area contributed by atoms with Gasteiger partial charge in [-0.1, -0.05) is 31.2 Å². The van der Waals surface area contributed by atoms with Crippen LogP contribution in [0.5, 0.6) is 0 Å².